The summed E-state index contributed by atoms with van der Waals surface area (Å²) >= 11 is 0. The molecular formula is C19H29N. The third kappa shape index (κ3) is 2.93. The molecule has 0 aliphatic heterocycles. The third-order valence-electron chi connectivity index (χ3n) is 5.61. The van der Waals surface area contributed by atoms with Crippen molar-refractivity contribution in [2.45, 2.75) is 63.8 Å². The van der Waals surface area contributed by atoms with E-state index in [-0.39, 0.29) is 0 Å². The van der Waals surface area contributed by atoms with Crippen LogP contribution in [0.5, 0.6) is 0 Å². The summed E-state index contributed by atoms with van der Waals surface area (Å²) in [6, 6.07) is 9.99. The fourth-order valence-corrected chi connectivity index (χ4v) is 4.21. The van der Waals surface area contributed by atoms with E-state index >= 15 is 0 Å². The van der Waals surface area contributed by atoms with E-state index < -0.39 is 0 Å². The molecule has 1 aromatic rings. The number of rotatable bonds is 4. The smallest absolute Gasteiger partial charge is 0.0346 e. The van der Waals surface area contributed by atoms with Crippen LogP contribution in [-0.4, -0.2) is 7.05 Å². The van der Waals surface area contributed by atoms with Crippen LogP contribution in [0.3, 0.4) is 0 Å². The third-order valence-corrected chi connectivity index (χ3v) is 5.61. The molecule has 110 valence electrons. The van der Waals surface area contributed by atoms with Gasteiger partial charge in [0.05, 0.1) is 0 Å². The molecule has 3 atom stereocenters. The average molecular weight is 271 g/mol. The quantitative estimate of drug-likeness (QED) is 0.809. The molecule has 2 saturated carbocycles. The maximum atomic E-state index is 3.61. The molecule has 0 bridgehead atoms. The fraction of sp³-hybridized carbons (Fsp3) is 0.684. The zero-order valence-corrected chi connectivity index (χ0v) is 13.1. The maximum absolute atomic E-state index is 3.61. The lowest BCUT2D eigenvalue weighted by molar-refractivity contribution is 0.230. The minimum absolute atomic E-state index is 0.553. The Morgan fingerprint density at radius 2 is 1.90 bits per heavy atom. The monoisotopic (exact) mass is 271 g/mol. The molecule has 0 radical (unpaired) electrons. The van der Waals surface area contributed by atoms with Gasteiger partial charge < -0.3 is 5.32 Å². The van der Waals surface area contributed by atoms with Gasteiger partial charge in [-0.2, -0.15) is 0 Å². The predicted octanol–water partition coefficient (Wildman–Crippen LogP) is 5.04. The zero-order valence-electron chi connectivity index (χ0n) is 13.1. The molecule has 20 heavy (non-hydrogen) atoms. The Labute approximate surface area is 124 Å². The van der Waals surface area contributed by atoms with E-state index in [1.54, 1.807) is 5.56 Å². The Morgan fingerprint density at radius 1 is 1.10 bits per heavy atom. The van der Waals surface area contributed by atoms with Crippen molar-refractivity contribution in [1.29, 1.82) is 0 Å². The van der Waals surface area contributed by atoms with E-state index in [9.17, 15) is 0 Å². The van der Waals surface area contributed by atoms with Crippen molar-refractivity contribution in [3.05, 3.63) is 35.4 Å². The molecule has 1 aromatic carbocycles. The molecule has 2 aliphatic carbocycles. The lowest BCUT2D eigenvalue weighted by Crippen LogP contribution is -2.29. The summed E-state index contributed by atoms with van der Waals surface area (Å²) in [6.45, 7) is 2.42. The van der Waals surface area contributed by atoms with Crippen molar-refractivity contribution >= 4 is 0 Å². The molecule has 0 heterocycles. The first-order valence-corrected chi connectivity index (χ1v) is 8.55. The van der Waals surface area contributed by atoms with Crippen LogP contribution in [0.15, 0.2) is 24.3 Å². The van der Waals surface area contributed by atoms with Crippen molar-refractivity contribution in [2.24, 2.45) is 11.8 Å². The Hall–Kier alpha value is -0.820. The normalized spacial score (nSPS) is 28.9. The Balaban J connectivity index is 1.77. The molecule has 3 unspecified atom stereocenters. The van der Waals surface area contributed by atoms with Gasteiger partial charge in [-0.1, -0.05) is 50.5 Å². The molecular weight excluding hydrogens is 242 g/mol. The van der Waals surface area contributed by atoms with E-state index in [4.69, 9.17) is 0 Å². The predicted molar refractivity (Wildman–Crippen MR) is 86.0 cm³/mol. The van der Waals surface area contributed by atoms with Gasteiger partial charge in [-0.05, 0) is 61.6 Å². The second kappa shape index (κ2) is 6.30. The van der Waals surface area contributed by atoms with Crippen LogP contribution in [-0.2, 0) is 0 Å². The summed E-state index contributed by atoms with van der Waals surface area (Å²) in [5.41, 5.74) is 3.11. The summed E-state index contributed by atoms with van der Waals surface area (Å²) in [7, 11) is 2.14. The summed E-state index contributed by atoms with van der Waals surface area (Å²) in [6.07, 6.45) is 9.83. The van der Waals surface area contributed by atoms with Crippen LogP contribution < -0.4 is 5.32 Å². The zero-order chi connectivity index (χ0) is 13.9. The Bertz CT molecular complexity index is 435. The van der Waals surface area contributed by atoms with Crippen molar-refractivity contribution < 1.29 is 0 Å². The van der Waals surface area contributed by atoms with Crippen LogP contribution in [0.25, 0.3) is 0 Å². The first-order valence-electron chi connectivity index (χ1n) is 8.55. The summed E-state index contributed by atoms with van der Waals surface area (Å²) in [5, 5.41) is 3.61. The van der Waals surface area contributed by atoms with Crippen LogP contribution >= 0.6 is 0 Å². The van der Waals surface area contributed by atoms with Gasteiger partial charge in [0.1, 0.15) is 0 Å². The fourth-order valence-electron chi connectivity index (χ4n) is 4.21. The summed E-state index contributed by atoms with van der Waals surface area (Å²) in [5.74, 6) is 2.57. The van der Waals surface area contributed by atoms with E-state index in [0.29, 0.717) is 6.04 Å². The lowest BCUT2D eigenvalue weighted by Gasteiger charge is -2.34. The van der Waals surface area contributed by atoms with E-state index in [2.05, 4.69) is 43.6 Å². The maximum Gasteiger partial charge on any atom is 0.0346 e. The van der Waals surface area contributed by atoms with Gasteiger partial charge in [-0.25, -0.2) is 0 Å². The standard InChI is InChI=1S/C19H29N/c1-14-6-3-10-17(12-14)19(20-2)18-11-5-9-16(13-18)15-7-4-8-15/h5,9,11,13-15,17,19-20H,3-4,6-8,10,12H2,1-2H3. The lowest BCUT2D eigenvalue weighted by atomic mass is 9.75. The van der Waals surface area contributed by atoms with Gasteiger partial charge >= 0.3 is 0 Å². The number of hydrogen-bond donors (Lipinski definition) is 1. The van der Waals surface area contributed by atoms with Gasteiger partial charge in [0, 0.05) is 6.04 Å². The second-order valence-corrected chi connectivity index (χ2v) is 7.10. The van der Waals surface area contributed by atoms with Gasteiger partial charge in [0.2, 0.25) is 0 Å². The molecule has 0 spiro atoms. The van der Waals surface area contributed by atoms with Crippen LogP contribution in [0.4, 0.5) is 0 Å². The average Bonchev–Trinajstić information content (AvgIpc) is 2.38. The minimum atomic E-state index is 0.553. The van der Waals surface area contributed by atoms with Crippen molar-refractivity contribution in [3.8, 4) is 0 Å². The highest BCUT2D eigenvalue weighted by atomic mass is 14.9. The molecule has 1 heteroatoms. The molecule has 0 saturated heterocycles. The minimum Gasteiger partial charge on any atom is -0.313 e. The van der Waals surface area contributed by atoms with Gasteiger partial charge in [0.25, 0.3) is 0 Å². The topological polar surface area (TPSA) is 12.0 Å². The second-order valence-electron chi connectivity index (χ2n) is 7.10. The molecule has 1 nitrogen and oxygen atoms in total. The molecule has 0 aromatic heterocycles. The van der Waals surface area contributed by atoms with E-state index in [0.717, 1.165) is 17.8 Å². The first kappa shape index (κ1) is 14.1. The van der Waals surface area contributed by atoms with Gasteiger partial charge in [-0.3, -0.25) is 0 Å². The highest BCUT2D eigenvalue weighted by Gasteiger charge is 2.27. The molecule has 1 N–H and O–H groups in total. The number of nitrogens with one attached hydrogen (secondary N) is 1. The molecule has 0 amide bonds. The number of hydrogen-bond acceptors (Lipinski definition) is 1. The van der Waals surface area contributed by atoms with Crippen molar-refractivity contribution in [1.82, 2.24) is 5.32 Å². The largest absolute Gasteiger partial charge is 0.313 e. The van der Waals surface area contributed by atoms with Crippen LogP contribution in [0.1, 0.15) is 75.0 Å². The Morgan fingerprint density at radius 3 is 2.55 bits per heavy atom. The van der Waals surface area contributed by atoms with E-state index in [1.165, 1.54) is 50.5 Å². The molecule has 2 aliphatic rings. The van der Waals surface area contributed by atoms with Crippen LogP contribution in [0.2, 0.25) is 0 Å². The molecule has 3 rings (SSSR count). The van der Waals surface area contributed by atoms with Gasteiger partial charge in [-0.15, -0.1) is 0 Å². The van der Waals surface area contributed by atoms with Crippen LogP contribution in [0, 0.1) is 11.8 Å². The SMILES string of the molecule is CNC(c1cccc(C2CCC2)c1)C1CCCC(C)C1. The highest BCUT2D eigenvalue weighted by molar-refractivity contribution is 5.30. The number of benzene rings is 1. The van der Waals surface area contributed by atoms with Crippen molar-refractivity contribution in [3.63, 3.8) is 0 Å². The van der Waals surface area contributed by atoms with Crippen molar-refractivity contribution in [2.75, 3.05) is 7.05 Å². The van der Waals surface area contributed by atoms with E-state index in [1.807, 2.05) is 0 Å². The highest BCUT2D eigenvalue weighted by Crippen LogP contribution is 2.40. The molecule has 2 fully saturated rings. The summed E-state index contributed by atoms with van der Waals surface area (Å²) < 4.78 is 0. The Kier molecular flexibility index (Phi) is 4.45. The first-order chi connectivity index (χ1) is 9.78. The van der Waals surface area contributed by atoms with Gasteiger partial charge in [0.15, 0.2) is 0 Å². The summed E-state index contributed by atoms with van der Waals surface area (Å²) in [4.78, 5) is 0.